The van der Waals surface area contributed by atoms with Crippen LogP contribution in [0, 0.1) is 0 Å². The van der Waals surface area contributed by atoms with Gasteiger partial charge in [-0.15, -0.1) is 0 Å². The molecule has 1 aromatic rings. The molecule has 5 heteroatoms. The molecule has 2 rings (SSSR count). The number of anilines is 1. The van der Waals surface area contributed by atoms with Gasteiger partial charge in [0, 0.05) is 12.1 Å². The van der Waals surface area contributed by atoms with Gasteiger partial charge >= 0.3 is 0 Å². The van der Waals surface area contributed by atoms with Crippen molar-refractivity contribution in [3.63, 3.8) is 0 Å². The normalized spacial score (nSPS) is 19.5. The molecule has 1 aliphatic heterocycles. The van der Waals surface area contributed by atoms with Crippen molar-refractivity contribution in [2.24, 2.45) is 0 Å². The van der Waals surface area contributed by atoms with E-state index in [1.165, 1.54) is 19.4 Å². The molecule has 1 saturated heterocycles. The van der Waals surface area contributed by atoms with Crippen LogP contribution in [0.2, 0.25) is 0 Å². The lowest BCUT2D eigenvalue weighted by Crippen LogP contribution is -2.26. The van der Waals surface area contributed by atoms with E-state index >= 15 is 0 Å². The number of rotatable bonds is 6. The third-order valence-corrected chi connectivity index (χ3v) is 3.58. The lowest BCUT2D eigenvalue weighted by molar-refractivity contribution is 0.215. The highest BCUT2D eigenvalue weighted by Crippen LogP contribution is 2.24. The highest BCUT2D eigenvalue weighted by molar-refractivity contribution is 5.49. The first-order valence-corrected chi connectivity index (χ1v) is 7.32. The molecule has 0 saturated carbocycles. The summed E-state index contributed by atoms with van der Waals surface area (Å²) in [5.41, 5.74) is 6.38. The van der Waals surface area contributed by atoms with Crippen molar-refractivity contribution in [2.75, 3.05) is 25.9 Å². The fourth-order valence-corrected chi connectivity index (χ4v) is 2.48. The molecule has 1 aliphatic rings. The van der Waals surface area contributed by atoms with Crippen molar-refractivity contribution in [3.05, 3.63) is 12.1 Å². The third-order valence-electron chi connectivity index (χ3n) is 3.58. The maximum atomic E-state index is 5.83. The Morgan fingerprint density at radius 3 is 2.90 bits per heavy atom. The molecular weight excluding hydrogens is 254 g/mol. The molecular formula is C15H25N3O2. The summed E-state index contributed by atoms with van der Waals surface area (Å²) in [4.78, 5) is 6.71. The van der Waals surface area contributed by atoms with E-state index < -0.39 is 0 Å². The molecule has 1 fully saturated rings. The van der Waals surface area contributed by atoms with Crippen molar-refractivity contribution in [1.82, 2.24) is 9.88 Å². The van der Waals surface area contributed by atoms with E-state index in [1.807, 2.05) is 13.8 Å². The van der Waals surface area contributed by atoms with Crippen molar-refractivity contribution in [3.8, 4) is 11.8 Å². The van der Waals surface area contributed by atoms with E-state index in [0.717, 1.165) is 6.42 Å². The molecule has 20 heavy (non-hydrogen) atoms. The Kier molecular flexibility index (Phi) is 5.06. The lowest BCUT2D eigenvalue weighted by atomic mass is 10.1. The molecule has 2 heterocycles. The Bertz CT molecular complexity index is 437. The van der Waals surface area contributed by atoms with Gasteiger partial charge < -0.3 is 20.1 Å². The van der Waals surface area contributed by atoms with Crippen LogP contribution in [0.15, 0.2) is 12.1 Å². The Morgan fingerprint density at radius 1 is 1.45 bits per heavy atom. The van der Waals surface area contributed by atoms with Gasteiger partial charge in [-0.2, -0.15) is 4.98 Å². The van der Waals surface area contributed by atoms with E-state index in [2.05, 4.69) is 16.9 Å². The summed E-state index contributed by atoms with van der Waals surface area (Å²) in [5.74, 6) is 1.03. The number of nitrogen functional groups attached to an aromatic ring is 1. The van der Waals surface area contributed by atoms with Gasteiger partial charge in [-0.05, 0) is 52.8 Å². The number of nitrogens with two attached hydrogens (primary N) is 1. The summed E-state index contributed by atoms with van der Waals surface area (Å²) >= 11 is 0. The molecule has 1 aromatic heterocycles. The average molecular weight is 279 g/mol. The van der Waals surface area contributed by atoms with Crippen LogP contribution in [0.3, 0.4) is 0 Å². The highest BCUT2D eigenvalue weighted by Gasteiger charge is 2.20. The van der Waals surface area contributed by atoms with Gasteiger partial charge in [0.15, 0.2) is 0 Å². The zero-order valence-corrected chi connectivity index (χ0v) is 12.6. The first kappa shape index (κ1) is 14.9. The Balaban J connectivity index is 1.86. The second kappa shape index (κ2) is 6.79. The van der Waals surface area contributed by atoms with Crippen LogP contribution in [-0.4, -0.2) is 42.2 Å². The molecule has 2 N–H and O–H groups in total. The largest absolute Gasteiger partial charge is 0.478 e. The van der Waals surface area contributed by atoms with Crippen molar-refractivity contribution in [1.29, 1.82) is 0 Å². The van der Waals surface area contributed by atoms with Gasteiger partial charge in [0.05, 0.1) is 18.4 Å². The minimum absolute atomic E-state index is 0.0483. The van der Waals surface area contributed by atoms with Crippen LogP contribution in [0.5, 0.6) is 11.8 Å². The molecule has 0 aliphatic carbocycles. The predicted molar refractivity (Wildman–Crippen MR) is 80.2 cm³/mol. The van der Waals surface area contributed by atoms with Crippen LogP contribution in [-0.2, 0) is 0 Å². The molecule has 5 nitrogen and oxygen atoms in total. The number of likely N-dealkylation sites (tertiary alicyclic amines) is 1. The molecule has 112 valence electrons. The molecule has 0 amide bonds. The molecule has 0 radical (unpaired) electrons. The Morgan fingerprint density at radius 2 is 2.25 bits per heavy atom. The van der Waals surface area contributed by atoms with E-state index in [1.54, 1.807) is 12.1 Å². The van der Waals surface area contributed by atoms with Crippen LogP contribution in [0.1, 0.15) is 33.1 Å². The van der Waals surface area contributed by atoms with Gasteiger partial charge in [0.25, 0.3) is 0 Å². The quantitative estimate of drug-likeness (QED) is 0.866. The number of pyridine rings is 1. The summed E-state index contributed by atoms with van der Waals surface area (Å²) in [5, 5.41) is 0. The summed E-state index contributed by atoms with van der Waals surface area (Å²) in [7, 11) is 2.17. The van der Waals surface area contributed by atoms with Gasteiger partial charge in [-0.1, -0.05) is 0 Å². The molecule has 0 aromatic carbocycles. The van der Waals surface area contributed by atoms with Crippen molar-refractivity contribution in [2.45, 2.75) is 45.3 Å². The maximum Gasteiger partial charge on any atom is 0.240 e. The summed E-state index contributed by atoms with van der Waals surface area (Å²) < 4.78 is 11.3. The van der Waals surface area contributed by atoms with Gasteiger partial charge in [-0.25, -0.2) is 0 Å². The molecule has 0 bridgehead atoms. The smallest absolute Gasteiger partial charge is 0.240 e. The predicted octanol–water partition coefficient (Wildman–Crippen LogP) is 2.31. The second-order valence-electron chi connectivity index (χ2n) is 5.62. The highest BCUT2D eigenvalue weighted by atomic mass is 16.5. The first-order valence-electron chi connectivity index (χ1n) is 7.32. The monoisotopic (exact) mass is 279 g/mol. The number of hydrogen-bond acceptors (Lipinski definition) is 5. The first-order chi connectivity index (χ1) is 9.56. The Labute approximate surface area is 121 Å². The number of nitrogens with zero attached hydrogens (tertiary/aromatic N) is 2. The summed E-state index contributed by atoms with van der Waals surface area (Å²) in [6.07, 6.45) is 3.63. The standard InChI is InChI=1S/C15H25N3O2/c1-11(2)20-15-13(16)6-7-14(17-15)19-10-8-12-5-4-9-18(12)3/h6-7,11-12H,4-5,8-10,16H2,1-3H3. The Hall–Kier alpha value is -1.49. The second-order valence-corrected chi connectivity index (χ2v) is 5.62. The van der Waals surface area contributed by atoms with Gasteiger partial charge in [0.1, 0.15) is 0 Å². The van der Waals surface area contributed by atoms with E-state index in [-0.39, 0.29) is 6.10 Å². The van der Waals surface area contributed by atoms with E-state index in [4.69, 9.17) is 15.2 Å². The van der Waals surface area contributed by atoms with Crippen LogP contribution >= 0.6 is 0 Å². The lowest BCUT2D eigenvalue weighted by Gasteiger charge is -2.19. The summed E-state index contributed by atoms with van der Waals surface area (Å²) in [6, 6.07) is 4.21. The minimum Gasteiger partial charge on any atom is -0.478 e. The van der Waals surface area contributed by atoms with Crippen LogP contribution in [0.25, 0.3) is 0 Å². The topological polar surface area (TPSA) is 60.6 Å². The molecule has 1 unspecified atom stereocenters. The van der Waals surface area contributed by atoms with Crippen molar-refractivity contribution >= 4 is 5.69 Å². The molecule has 0 spiro atoms. The zero-order chi connectivity index (χ0) is 14.5. The zero-order valence-electron chi connectivity index (χ0n) is 12.6. The molecule has 1 atom stereocenters. The maximum absolute atomic E-state index is 5.83. The number of aromatic nitrogens is 1. The minimum atomic E-state index is 0.0483. The van der Waals surface area contributed by atoms with Crippen LogP contribution in [0.4, 0.5) is 5.69 Å². The third kappa shape index (κ3) is 4.00. The number of ether oxygens (including phenoxy) is 2. The average Bonchev–Trinajstić information content (AvgIpc) is 2.79. The number of hydrogen-bond donors (Lipinski definition) is 1. The SMILES string of the molecule is CC(C)Oc1nc(OCCC2CCCN2C)ccc1N. The van der Waals surface area contributed by atoms with E-state index in [0.29, 0.717) is 30.1 Å². The van der Waals surface area contributed by atoms with Gasteiger partial charge in [0.2, 0.25) is 11.8 Å². The van der Waals surface area contributed by atoms with Crippen molar-refractivity contribution < 1.29 is 9.47 Å². The fraction of sp³-hybridized carbons (Fsp3) is 0.667. The fourth-order valence-electron chi connectivity index (χ4n) is 2.48. The van der Waals surface area contributed by atoms with Crippen LogP contribution < -0.4 is 15.2 Å². The van der Waals surface area contributed by atoms with Gasteiger partial charge in [-0.3, -0.25) is 0 Å². The van der Waals surface area contributed by atoms with E-state index in [9.17, 15) is 0 Å². The summed E-state index contributed by atoms with van der Waals surface area (Å²) in [6.45, 7) is 5.76.